The molecule has 6 heteroatoms. The van der Waals surface area contributed by atoms with E-state index >= 15 is 0 Å². The van der Waals surface area contributed by atoms with E-state index in [0.717, 1.165) is 5.56 Å². The van der Waals surface area contributed by atoms with Gasteiger partial charge in [-0.05, 0) is 35.9 Å². The lowest BCUT2D eigenvalue weighted by Crippen LogP contribution is -2.10. The summed E-state index contributed by atoms with van der Waals surface area (Å²) in [5, 5.41) is 8.92. The Bertz CT molecular complexity index is 710. The van der Waals surface area contributed by atoms with E-state index in [0.29, 0.717) is 10.5 Å². The molecule has 2 rings (SSSR count). The number of aromatic carboxylic acids is 1. The van der Waals surface area contributed by atoms with Crippen molar-refractivity contribution in [2.75, 3.05) is 0 Å². The van der Waals surface area contributed by atoms with E-state index in [-0.39, 0.29) is 11.3 Å². The first-order chi connectivity index (χ1) is 9.97. The Morgan fingerprint density at radius 3 is 2.29 bits per heavy atom. The molecule has 0 saturated heterocycles. The third-order valence-electron chi connectivity index (χ3n) is 2.88. The highest BCUT2D eigenvalue weighted by atomic mass is 32.2. The summed E-state index contributed by atoms with van der Waals surface area (Å²) in [4.78, 5) is 22.3. The number of carbonyl (C=O) groups is 2. The molecular formula is C15H13NO4S. The van der Waals surface area contributed by atoms with Crippen LogP contribution in [0.1, 0.15) is 26.3 Å². The molecule has 0 aliphatic carbocycles. The van der Waals surface area contributed by atoms with E-state index in [1.165, 1.54) is 12.1 Å². The summed E-state index contributed by atoms with van der Waals surface area (Å²) in [6, 6.07) is 12.5. The van der Waals surface area contributed by atoms with Crippen molar-refractivity contribution in [3.8, 4) is 0 Å². The average Bonchev–Trinajstić information content (AvgIpc) is 2.48. The van der Waals surface area contributed by atoms with Crippen LogP contribution in [0.4, 0.5) is 0 Å². The lowest BCUT2D eigenvalue weighted by Gasteiger charge is -2.04. The van der Waals surface area contributed by atoms with Crippen LogP contribution in [0.2, 0.25) is 0 Å². The molecule has 0 aliphatic rings. The lowest BCUT2D eigenvalue weighted by atomic mass is 10.1. The van der Waals surface area contributed by atoms with Crippen LogP contribution in [-0.2, 0) is 16.6 Å². The summed E-state index contributed by atoms with van der Waals surface area (Å²) in [5.41, 5.74) is 6.41. The molecule has 0 fully saturated rings. The minimum Gasteiger partial charge on any atom is -0.478 e. The topological polar surface area (TPSA) is 97.5 Å². The van der Waals surface area contributed by atoms with Crippen LogP contribution >= 0.6 is 0 Å². The number of primary amides is 1. The van der Waals surface area contributed by atoms with Crippen LogP contribution in [0.3, 0.4) is 0 Å². The molecule has 2 aromatic rings. The summed E-state index contributed by atoms with van der Waals surface area (Å²) in [6.07, 6.45) is 0. The number of nitrogens with two attached hydrogens (primary N) is 1. The van der Waals surface area contributed by atoms with E-state index in [1.807, 2.05) is 0 Å². The maximum absolute atomic E-state index is 12.2. The van der Waals surface area contributed by atoms with Gasteiger partial charge in [-0.3, -0.25) is 9.00 Å². The van der Waals surface area contributed by atoms with Crippen molar-refractivity contribution >= 4 is 22.7 Å². The Morgan fingerprint density at radius 1 is 1.05 bits per heavy atom. The number of hydrogen-bond acceptors (Lipinski definition) is 3. The second kappa shape index (κ2) is 6.32. The third kappa shape index (κ3) is 3.76. The van der Waals surface area contributed by atoms with Crippen LogP contribution in [0.15, 0.2) is 53.4 Å². The van der Waals surface area contributed by atoms with Crippen LogP contribution in [0.25, 0.3) is 0 Å². The quantitative estimate of drug-likeness (QED) is 0.880. The van der Waals surface area contributed by atoms with Gasteiger partial charge >= 0.3 is 5.97 Å². The predicted molar refractivity (Wildman–Crippen MR) is 78.5 cm³/mol. The van der Waals surface area contributed by atoms with Gasteiger partial charge in [0.1, 0.15) is 0 Å². The van der Waals surface area contributed by atoms with Gasteiger partial charge in [0.2, 0.25) is 5.91 Å². The number of hydrogen-bond donors (Lipinski definition) is 2. The van der Waals surface area contributed by atoms with E-state index in [1.54, 1.807) is 36.4 Å². The van der Waals surface area contributed by atoms with Crippen molar-refractivity contribution in [1.29, 1.82) is 0 Å². The Hall–Kier alpha value is -2.47. The standard InChI is InChI=1S/C15H13NO4S/c16-14(17)11-6-4-10(5-7-11)9-21(20)13-3-1-2-12(8-13)15(18)19/h1-8H,9H2,(H2,16,17)(H,18,19). The molecule has 0 radical (unpaired) electrons. The second-order valence-corrected chi connectivity index (χ2v) is 5.84. The summed E-state index contributed by atoms with van der Waals surface area (Å²) in [6.45, 7) is 0. The normalized spacial score (nSPS) is 11.8. The zero-order valence-corrected chi connectivity index (χ0v) is 11.8. The van der Waals surface area contributed by atoms with Gasteiger partial charge < -0.3 is 10.8 Å². The minimum atomic E-state index is -1.36. The van der Waals surface area contributed by atoms with Gasteiger partial charge in [0.05, 0.1) is 22.1 Å². The van der Waals surface area contributed by atoms with Crippen LogP contribution in [-0.4, -0.2) is 21.2 Å². The molecule has 0 bridgehead atoms. The first-order valence-electron chi connectivity index (χ1n) is 6.08. The summed E-state index contributed by atoms with van der Waals surface area (Å²) in [5.74, 6) is -1.33. The highest BCUT2D eigenvalue weighted by Crippen LogP contribution is 2.15. The molecule has 108 valence electrons. The summed E-state index contributed by atoms with van der Waals surface area (Å²) >= 11 is 0. The van der Waals surface area contributed by atoms with Crippen molar-refractivity contribution in [3.05, 3.63) is 65.2 Å². The molecule has 0 heterocycles. The van der Waals surface area contributed by atoms with Crippen LogP contribution in [0.5, 0.6) is 0 Å². The number of rotatable bonds is 5. The largest absolute Gasteiger partial charge is 0.478 e. The molecule has 1 unspecified atom stereocenters. The Kier molecular flexibility index (Phi) is 4.49. The predicted octanol–water partition coefficient (Wildman–Crippen LogP) is 1.79. The number of carboxylic acid groups (broad SMARTS) is 1. The number of benzene rings is 2. The van der Waals surface area contributed by atoms with E-state index in [9.17, 15) is 13.8 Å². The molecule has 3 N–H and O–H groups in total. The molecule has 0 aliphatic heterocycles. The summed E-state index contributed by atoms with van der Waals surface area (Å²) in [7, 11) is -1.36. The maximum atomic E-state index is 12.2. The molecule has 5 nitrogen and oxygen atoms in total. The van der Waals surface area contributed by atoms with Crippen molar-refractivity contribution in [1.82, 2.24) is 0 Å². The fourth-order valence-corrected chi connectivity index (χ4v) is 2.92. The van der Waals surface area contributed by atoms with Crippen molar-refractivity contribution < 1.29 is 18.9 Å². The molecule has 0 spiro atoms. The van der Waals surface area contributed by atoms with Crippen LogP contribution < -0.4 is 5.73 Å². The molecule has 0 aromatic heterocycles. The maximum Gasteiger partial charge on any atom is 0.335 e. The van der Waals surface area contributed by atoms with Gasteiger partial charge in [-0.15, -0.1) is 0 Å². The average molecular weight is 303 g/mol. The Morgan fingerprint density at radius 2 is 1.71 bits per heavy atom. The highest BCUT2D eigenvalue weighted by molar-refractivity contribution is 7.84. The lowest BCUT2D eigenvalue weighted by molar-refractivity contribution is 0.0696. The van der Waals surface area contributed by atoms with Gasteiger partial charge in [0.15, 0.2) is 0 Å². The SMILES string of the molecule is NC(=O)c1ccc(CS(=O)c2cccc(C(=O)O)c2)cc1. The fourth-order valence-electron chi connectivity index (χ4n) is 1.77. The molecule has 2 aromatic carbocycles. The van der Waals surface area contributed by atoms with Gasteiger partial charge in [0.25, 0.3) is 0 Å². The van der Waals surface area contributed by atoms with Crippen molar-refractivity contribution in [2.24, 2.45) is 5.73 Å². The van der Waals surface area contributed by atoms with E-state index in [2.05, 4.69) is 0 Å². The number of carboxylic acids is 1. The second-order valence-electron chi connectivity index (χ2n) is 4.38. The van der Waals surface area contributed by atoms with Crippen molar-refractivity contribution in [3.63, 3.8) is 0 Å². The van der Waals surface area contributed by atoms with Gasteiger partial charge in [-0.1, -0.05) is 18.2 Å². The van der Waals surface area contributed by atoms with Gasteiger partial charge in [-0.2, -0.15) is 0 Å². The first-order valence-corrected chi connectivity index (χ1v) is 7.40. The Balaban J connectivity index is 2.16. The van der Waals surface area contributed by atoms with Gasteiger partial charge in [-0.25, -0.2) is 4.79 Å². The minimum absolute atomic E-state index is 0.102. The monoisotopic (exact) mass is 303 g/mol. The molecule has 1 atom stereocenters. The fraction of sp³-hybridized carbons (Fsp3) is 0.0667. The molecular weight excluding hydrogens is 290 g/mol. The van der Waals surface area contributed by atoms with Crippen molar-refractivity contribution in [2.45, 2.75) is 10.6 Å². The number of amides is 1. The first kappa shape index (κ1) is 14.9. The smallest absolute Gasteiger partial charge is 0.335 e. The molecule has 0 saturated carbocycles. The van der Waals surface area contributed by atoms with Gasteiger partial charge in [0, 0.05) is 10.5 Å². The third-order valence-corrected chi connectivity index (χ3v) is 4.26. The highest BCUT2D eigenvalue weighted by Gasteiger charge is 2.09. The van der Waals surface area contributed by atoms with Crippen LogP contribution in [0, 0.1) is 0 Å². The zero-order valence-electron chi connectivity index (χ0n) is 11.0. The molecule has 1 amide bonds. The number of carbonyl (C=O) groups excluding carboxylic acids is 1. The zero-order chi connectivity index (χ0) is 15.4. The van der Waals surface area contributed by atoms with E-state index < -0.39 is 22.7 Å². The summed E-state index contributed by atoms with van der Waals surface area (Å²) < 4.78 is 12.2. The van der Waals surface area contributed by atoms with E-state index in [4.69, 9.17) is 10.8 Å². The molecule has 21 heavy (non-hydrogen) atoms. The Labute approximate surface area is 123 Å².